The van der Waals surface area contributed by atoms with Crippen molar-refractivity contribution in [2.24, 2.45) is 0 Å². The summed E-state index contributed by atoms with van der Waals surface area (Å²) in [6.07, 6.45) is 2.92. The average molecular weight is 195 g/mol. The van der Waals surface area contributed by atoms with E-state index in [1.165, 1.54) is 0 Å². The molecule has 4 heteroatoms. The zero-order valence-corrected chi connectivity index (χ0v) is 8.99. The third-order valence-electron chi connectivity index (χ3n) is 3.08. The van der Waals surface area contributed by atoms with Gasteiger partial charge >= 0.3 is 0 Å². The van der Waals surface area contributed by atoms with Gasteiger partial charge in [0.1, 0.15) is 11.6 Å². The van der Waals surface area contributed by atoms with Gasteiger partial charge in [0.2, 0.25) is 0 Å². The SMILES string of the molecule is Cc1nc(C)n(C2CCCC2(C)O)n1. The summed E-state index contributed by atoms with van der Waals surface area (Å²) < 4.78 is 1.88. The van der Waals surface area contributed by atoms with Crippen molar-refractivity contribution < 1.29 is 5.11 Å². The Morgan fingerprint density at radius 1 is 1.50 bits per heavy atom. The van der Waals surface area contributed by atoms with Gasteiger partial charge in [0.05, 0.1) is 11.6 Å². The van der Waals surface area contributed by atoms with Gasteiger partial charge in [-0.2, -0.15) is 5.10 Å². The van der Waals surface area contributed by atoms with Crippen molar-refractivity contribution >= 4 is 0 Å². The van der Waals surface area contributed by atoms with Crippen molar-refractivity contribution in [1.82, 2.24) is 14.8 Å². The Labute approximate surface area is 84.0 Å². The highest BCUT2D eigenvalue weighted by Gasteiger charge is 2.39. The second-order valence-corrected chi connectivity index (χ2v) is 4.42. The van der Waals surface area contributed by atoms with Gasteiger partial charge < -0.3 is 5.11 Å². The van der Waals surface area contributed by atoms with Crippen LogP contribution in [0.3, 0.4) is 0 Å². The molecule has 2 rings (SSSR count). The van der Waals surface area contributed by atoms with E-state index in [1.54, 1.807) is 0 Å². The van der Waals surface area contributed by atoms with Crippen molar-refractivity contribution in [1.29, 1.82) is 0 Å². The van der Waals surface area contributed by atoms with Gasteiger partial charge in [-0.05, 0) is 40.0 Å². The first-order valence-electron chi connectivity index (χ1n) is 5.13. The lowest BCUT2D eigenvalue weighted by atomic mass is 10.0. The Kier molecular flexibility index (Phi) is 2.10. The molecule has 1 N–H and O–H groups in total. The van der Waals surface area contributed by atoms with Crippen LogP contribution in [0.2, 0.25) is 0 Å². The number of aromatic nitrogens is 3. The van der Waals surface area contributed by atoms with Crippen LogP contribution in [0.25, 0.3) is 0 Å². The van der Waals surface area contributed by atoms with Crippen molar-refractivity contribution in [2.75, 3.05) is 0 Å². The van der Waals surface area contributed by atoms with Crippen molar-refractivity contribution in [3.8, 4) is 0 Å². The lowest BCUT2D eigenvalue weighted by Crippen LogP contribution is -2.32. The Bertz CT molecular complexity index is 343. The average Bonchev–Trinajstić information content (AvgIpc) is 2.54. The van der Waals surface area contributed by atoms with E-state index < -0.39 is 5.60 Å². The highest BCUT2D eigenvalue weighted by Crippen LogP contribution is 2.38. The molecule has 0 radical (unpaired) electrons. The van der Waals surface area contributed by atoms with Crippen LogP contribution in [0.1, 0.15) is 43.9 Å². The summed E-state index contributed by atoms with van der Waals surface area (Å²) in [5.41, 5.74) is -0.620. The fourth-order valence-corrected chi connectivity index (χ4v) is 2.35. The van der Waals surface area contributed by atoms with Gasteiger partial charge in [0, 0.05) is 0 Å². The van der Waals surface area contributed by atoms with Crippen LogP contribution in [-0.2, 0) is 0 Å². The van der Waals surface area contributed by atoms with Crippen molar-refractivity contribution in [3.05, 3.63) is 11.6 Å². The Morgan fingerprint density at radius 2 is 2.21 bits per heavy atom. The number of aliphatic hydroxyl groups is 1. The molecule has 1 saturated carbocycles. The zero-order chi connectivity index (χ0) is 10.3. The fourth-order valence-electron chi connectivity index (χ4n) is 2.35. The third kappa shape index (κ3) is 1.43. The molecule has 0 saturated heterocycles. The van der Waals surface area contributed by atoms with Crippen molar-refractivity contribution in [3.63, 3.8) is 0 Å². The summed E-state index contributed by atoms with van der Waals surface area (Å²) in [4.78, 5) is 4.26. The number of nitrogens with zero attached hydrogens (tertiary/aromatic N) is 3. The molecule has 1 aromatic heterocycles. The molecule has 1 aliphatic carbocycles. The Balaban J connectivity index is 2.35. The molecule has 1 aliphatic rings. The van der Waals surface area contributed by atoms with Crippen LogP contribution in [0.4, 0.5) is 0 Å². The van der Waals surface area contributed by atoms with E-state index in [4.69, 9.17) is 0 Å². The second-order valence-electron chi connectivity index (χ2n) is 4.42. The van der Waals surface area contributed by atoms with E-state index in [0.29, 0.717) is 0 Å². The van der Waals surface area contributed by atoms with Crippen LogP contribution in [0, 0.1) is 13.8 Å². The predicted molar refractivity (Wildman–Crippen MR) is 53.0 cm³/mol. The Morgan fingerprint density at radius 3 is 2.64 bits per heavy atom. The smallest absolute Gasteiger partial charge is 0.147 e. The van der Waals surface area contributed by atoms with Gasteiger partial charge in [-0.15, -0.1) is 0 Å². The van der Waals surface area contributed by atoms with E-state index in [9.17, 15) is 5.11 Å². The molecule has 0 aliphatic heterocycles. The standard InChI is InChI=1S/C10H17N3O/c1-7-11-8(2)13(12-7)9-5-4-6-10(9,3)14/h9,14H,4-6H2,1-3H3. The first kappa shape index (κ1) is 9.65. The van der Waals surface area contributed by atoms with E-state index in [2.05, 4.69) is 10.1 Å². The summed E-state index contributed by atoms with van der Waals surface area (Å²) in [6, 6.07) is 0.101. The van der Waals surface area contributed by atoms with E-state index in [-0.39, 0.29) is 6.04 Å². The second kappa shape index (κ2) is 3.05. The zero-order valence-electron chi connectivity index (χ0n) is 8.99. The molecule has 0 amide bonds. The molecule has 78 valence electrons. The first-order valence-corrected chi connectivity index (χ1v) is 5.13. The molecule has 0 aromatic carbocycles. The lowest BCUT2D eigenvalue weighted by Gasteiger charge is -2.26. The summed E-state index contributed by atoms with van der Waals surface area (Å²) in [5, 5.41) is 14.5. The third-order valence-corrected chi connectivity index (χ3v) is 3.08. The number of hydrogen-bond acceptors (Lipinski definition) is 3. The van der Waals surface area contributed by atoms with Crippen LogP contribution in [-0.4, -0.2) is 25.5 Å². The summed E-state index contributed by atoms with van der Waals surface area (Å²) in [7, 11) is 0. The number of hydrogen-bond donors (Lipinski definition) is 1. The topological polar surface area (TPSA) is 50.9 Å². The highest BCUT2D eigenvalue weighted by molar-refractivity contribution is 4.98. The highest BCUT2D eigenvalue weighted by atomic mass is 16.3. The molecule has 0 bridgehead atoms. The van der Waals surface area contributed by atoms with Gasteiger partial charge in [-0.1, -0.05) is 0 Å². The number of rotatable bonds is 1. The van der Waals surface area contributed by atoms with Crippen LogP contribution < -0.4 is 0 Å². The predicted octanol–water partition coefficient (Wildman–Crippen LogP) is 1.37. The van der Waals surface area contributed by atoms with Gasteiger partial charge in [0.25, 0.3) is 0 Å². The van der Waals surface area contributed by atoms with E-state index >= 15 is 0 Å². The minimum Gasteiger partial charge on any atom is -0.388 e. The molecule has 4 nitrogen and oxygen atoms in total. The molecule has 1 fully saturated rings. The van der Waals surface area contributed by atoms with E-state index in [0.717, 1.165) is 30.9 Å². The summed E-state index contributed by atoms with van der Waals surface area (Å²) in [6.45, 7) is 5.71. The minimum atomic E-state index is -0.620. The first-order chi connectivity index (χ1) is 6.50. The Hall–Kier alpha value is -0.900. The van der Waals surface area contributed by atoms with Crippen LogP contribution in [0.5, 0.6) is 0 Å². The minimum absolute atomic E-state index is 0.101. The monoisotopic (exact) mass is 195 g/mol. The molecule has 0 spiro atoms. The van der Waals surface area contributed by atoms with E-state index in [1.807, 2.05) is 25.5 Å². The molecule has 2 unspecified atom stereocenters. The molecular formula is C10H17N3O. The molecular weight excluding hydrogens is 178 g/mol. The molecule has 1 heterocycles. The van der Waals surface area contributed by atoms with Gasteiger partial charge in [-0.3, -0.25) is 0 Å². The quantitative estimate of drug-likeness (QED) is 0.736. The summed E-state index contributed by atoms with van der Waals surface area (Å²) >= 11 is 0. The van der Waals surface area contributed by atoms with Crippen LogP contribution in [0.15, 0.2) is 0 Å². The lowest BCUT2D eigenvalue weighted by molar-refractivity contribution is 0.0211. The fraction of sp³-hybridized carbons (Fsp3) is 0.800. The molecule has 1 aromatic rings. The molecule has 14 heavy (non-hydrogen) atoms. The largest absolute Gasteiger partial charge is 0.388 e. The number of aryl methyl sites for hydroxylation is 2. The maximum Gasteiger partial charge on any atom is 0.147 e. The van der Waals surface area contributed by atoms with Gasteiger partial charge in [-0.25, -0.2) is 9.67 Å². The normalized spacial score (nSPS) is 32.4. The molecule has 2 atom stereocenters. The van der Waals surface area contributed by atoms with Gasteiger partial charge in [0.15, 0.2) is 0 Å². The summed E-state index contributed by atoms with van der Waals surface area (Å²) in [5.74, 6) is 1.68. The maximum absolute atomic E-state index is 10.2. The van der Waals surface area contributed by atoms with Crippen LogP contribution >= 0.6 is 0 Å². The van der Waals surface area contributed by atoms with Crippen molar-refractivity contribution in [2.45, 2.75) is 51.7 Å². The maximum atomic E-state index is 10.2.